The van der Waals surface area contributed by atoms with E-state index in [1.54, 1.807) is 12.1 Å². The van der Waals surface area contributed by atoms with Gasteiger partial charge in [0.2, 0.25) is 0 Å². The summed E-state index contributed by atoms with van der Waals surface area (Å²) in [4.78, 5) is 18.2. The van der Waals surface area contributed by atoms with Crippen molar-refractivity contribution in [3.05, 3.63) is 70.8 Å². The predicted molar refractivity (Wildman–Crippen MR) is 130 cm³/mol. The molecule has 7 heteroatoms. The van der Waals surface area contributed by atoms with Gasteiger partial charge >= 0.3 is 5.97 Å². The summed E-state index contributed by atoms with van der Waals surface area (Å²) in [5, 5.41) is 3.45. The Morgan fingerprint density at radius 2 is 1.97 bits per heavy atom. The number of morpholine rings is 1. The van der Waals surface area contributed by atoms with Crippen LogP contribution in [0.15, 0.2) is 53.5 Å². The molecule has 1 atom stereocenters. The Morgan fingerprint density at radius 1 is 1.23 bits per heavy atom. The Kier molecular flexibility index (Phi) is 9.58. The van der Waals surface area contributed by atoms with Crippen molar-refractivity contribution in [2.24, 2.45) is 4.99 Å². The van der Waals surface area contributed by atoms with E-state index in [0.29, 0.717) is 12.2 Å². The van der Waals surface area contributed by atoms with Crippen LogP contribution in [0, 0.1) is 6.92 Å². The normalized spacial score (nSPS) is 16.6. The molecule has 0 aliphatic carbocycles. The number of rotatable bonds is 5. The van der Waals surface area contributed by atoms with E-state index in [1.165, 1.54) is 18.2 Å². The first-order valence-electron chi connectivity index (χ1n) is 9.92. The van der Waals surface area contributed by atoms with E-state index >= 15 is 0 Å². The number of halogens is 1. The van der Waals surface area contributed by atoms with Crippen molar-refractivity contribution in [3.63, 3.8) is 0 Å². The Balaban J connectivity index is 0.00000320. The summed E-state index contributed by atoms with van der Waals surface area (Å²) in [7, 11) is 3.20. The molecular formula is C23H30IN3O3. The Labute approximate surface area is 195 Å². The highest BCUT2D eigenvalue weighted by molar-refractivity contribution is 14.0. The van der Waals surface area contributed by atoms with Gasteiger partial charge in [0.25, 0.3) is 0 Å². The molecule has 3 rings (SSSR count). The van der Waals surface area contributed by atoms with E-state index in [-0.39, 0.29) is 36.0 Å². The molecule has 1 heterocycles. The molecule has 1 N–H and O–H groups in total. The van der Waals surface area contributed by atoms with E-state index in [9.17, 15) is 4.79 Å². The van der Waals surface area contributed by atoms with Crippen LogP contribution in [0.4, 0.5) is 0 Å². The lowest BCUT2D eigenvalue weighted by atomic mass is 10.0. The number of benzene rings is 2. The van der Waals surface area contributed by atoms with Crippen LogP contribution in [-0.4, -0.2) is 57.2 Å². The fourth-order valence-electron chi connectivity index (χ4n) is 3.55. The third-order valence-corrected chi connectivity index (χ3v) is 5.18. The maximum Gasteiger partial charge on any atom is 0.337 e. The molecule has 1 fully saturated rings. The Morgan fingerprint density at radius 3 is 2.63 bits per heavy atom. The quantitative estimate of drug-likeness (QED) is 0.281. The largest absolute Gasteiger partial charge is 0.465 e. The molecule has 6 nitrogen and oxygen atoms in total. The van der Waals surface area contributed by atoms with Gasteiger partial charge in [-0.2, -0.15) is 0 Å². The molecule has 162 valence electrons. The second-order valence-electron chi connectivity index (χ2n) is 7.07. The van der Waals surface area contributed by atoms with Gasteiger partial charge in [0.15, 0.2) is 5.96 Å². The van der Waals surface area contributed by atoms with Crippen molar-refractivity contribution < 1.29 is 14.3 Å². The summed E-state index contributed by atoms with van der Waals surface area (Å²) in [5.41, 5.74) is 4.20. The molecule has 0 aromatic heterocycles. The zero-order valence-corrected chi connectivity index (χ0v) is 20.1. The fraction of sp³-hybridized carbons (Fsp3) is 0.391. The molecule has 2 aromatic carbocycles. The standard InChI is InChI=1S/C23H29N3O3.HI/c1-17-6-4-5-7-20(17)21-16-26(14-15-29-21)23(24-2)25-13-12-18-8-10-19(11-9-18)22(27)28-3;/h4-11,21H,12-16H2,1-3H3,(H,24,25);1H. The van der Waals surface area contributed by atoms with Crippen molar-refractivity contribution in [1.82, 2.24) is 10.2 Å². The van der Waals surface area contributed by atoms with Gasteiger partial charge in [-0.15, -0.1) is 24.0 Å². The second kappa shape index (κ2) is 11.9. The highest BCUT2D eigenvalue weighted by Gasteiger charge is 2.25. The van der Waals surface area contributed by atoms with Crippen molar-refractivity contribution in [3.8, 4) is 0 Å². The van der Waals surface area contributed by atoms with Gasteiger partial charge in [0.1, 0.15) is 6.10 Å². The first-order chi connectivity index (χ1) is 14.1. The van der Waals surface area contributed by atoms with E-state index in [1.807, 2.05) is 19.2 Å². The van der Waals surface area contributed by atoms with Gasteiger partial charge in [-0.25, -0.2) is 4.79 Å². The molecule has 1 unspecified atom stereocenters. The molecule has 0 saturated carbocycles. The monoisotopic (exact) mass is 523 g/mol. The van der Waals surface area contributed by atoms with Crippen molar-refractivity contribution >= 4 is 35.9 Å². The van der Waals surface area contributed by atoms with E-state index < -0.39 is 0 Å². The van der Waals surface area contributed by atoms with Gasteiger partial charge in [-0.3, -0.25) is 4.99 Å². The lowest BCUT2D eigenvalue weighted by Gasteiger charge is -2.35. The van der Waals surface area contributed by atoms with Crippen LogP contribution in [0.5, 0.6) is 0 Å². The third-order valence-electron chi connectivity index (χ3n) is 5.18. The summed E-state index contributed by atoms with van der Waals surface area (Å²) in [5.74, 6) is 0.573. The number of hydrogen-bond donors (Lipinski definition) is 1. The minimum atomic E-state index is -0.314. The van der Waals surface area contributed by atoms with Crippen LogP contribution in [0.25, 0.3) is 0 Å². The van der Waals surface area contributed by atoms with Crippen LogP contribution in [-0.2, 0) is 15.9 Å². The average molecular weight is 523 g/mol. The van der Waals surface area contributed by atoms with Gasteiger partial charge in [-0.1, -0.05) is 36.4 Å². The molecule has 1 aliphatic rings. The molecule has 0 radical (unpaired) electrons. The van der Waals surface area contributed by atoms with E-state index in [0.717, 1.165) is 37.6 Å². The fourth-order valence-corrected chi connectivity index (χ4v) is 3.55. The summed E-state index contributed by atoms with van der Waals surface area (Å²) >= 11 is 0. The zero-order chi connectivity index (χ0) is 20.6. The summed E-state index contributed by atoms with van der Waals surface area (Å²) in [6.45, 7) is 5.15. The van der Waals surface area contributed by atoms with Gasteiger partial charge in [-0.05, 0) is 42.2 Å². The number of carbonyl (C=O) groups excluding carboxylic acids is 1. The molecular weight excluding hydrogens is 493 g/mol. The number of carbonyl (C=O) groups is 1. The first kappa shape index (κ1) is 24.1. The van der Waals surface area contributed by atoms with Crippen LogP contribution in [0.2, 0.25) is 0 Å². The average Bonchev–Trinajstić information content (AvgIpc) is 2.77. The Hall–Kier alpha value is -2.13. The SMILES string of the molecule is CN=C(NCCc1ccc(C(=O)OC)cc1)N1CCOC(c2ccccc2C)C1.I. The van der Waals surface area contributed by atoms with Crippen LogP contribution < -0.4 is 5.32 Å². The highest BCUT2D eigenvalue weighted by Crippen LogP contribution is 2.24. The number of esters is 1. The van der Waals surface area contributed by atoms with E-state index in [4.69, 9.17) is 9.47 Å². The maximum absolute atomic E-state index is 11.5. The van der Waals surface area contributed by atoms with Crippen LogP contribution >= 0.6 is 24.0 Å². The molecule has 0 bridgehead atoms. The zero-order valence-electron chi connectivity index (χ0n) is 17.8. The summed E-state index contributed by atoms with van der Waals surface area (Å²) < 4.78 is 10.8. The molecule has 0 spiro atoms. The number of ether oxygens (including phenoxy) is 2. The van der Waals surface area contributed by atoms with E-state index in [2.05, 4.69) is 46.4 Å². The maximum atomic E-state index is 11.5. The lowest BCUT2D eigenvalue weighted by Crippen LogP contribution is -2.48. The third kappa shape index (κ3) is 6.18. The van der Waals surface area contributed by atoms with Gasteiger partial charge in [0.05, 0.1) is 25.8 Å². The molecule has 2 aromatic rings. The molecule has 1 saturated heterocycles. The van der Waals surface area contributed by atoms with Crippen LogP contribution in [0.1, 0.15) is 33.2 Å². The van der Waals surface area contributed by atoms with Crippen molar-refractivity contribution in [2.75, 3.05) is 40.4 Å². The van der Waals surface area contributed by atoms with Crippen molar-refractivity contribution in [1.29, 1.82) is 0 Å². The highest BCUT2D eigenvalue weighted by atomic mass is 127. The Bertz CT molecular complexity index is 855. The number of aliphatic imine (C=N–C) groups is 1. The van der Waals surface area contributed by atoms with Crippen molar-refractivity contribution in [2.45, 2.75) is 19.4 Å². The summed E-state index contributed by atoms with van der Waals surface area (Å²) in [6, 6.07) is 15.9. The number of methoxy groups -OCH3 is 1. The summed E-state index contributed by atoms with van der Waals surface area (Å²) in [6.07, 6.45) is 0.890. The smallest absolute Gasteiger partial charge is 0.337 e. The minimum absolute atomic E-state index is 0. The molecule has 1 aliphatic heterocycles. The van der Waals surface area contributed by atoms with Gasteiger partial charge < -0.3 is 19.7 Å². The number of guanidine groups is 1. The first-order valence-corrected chi connectivity index (χ1v) is 9.92. The molecule has 0 amide bonds. The number of nitrogens with zero attached hydrogens (tertiary/aromatic N) is 2. The number of hydrogen-bond acceptors (Lipinski definition) is 4. The molecule has 30 heavy (non-hydrogen) atoms. The topological polar surface area (TPSA) is 63.2 Å². The lowest BCUT2D eigenvalue weighted by molar-refractivity contribution is -0.00829. The van der Waals surface area contributed by atoms with Crippen LogP contribution in [0.3, 0.4) is 0 Å². The number of nitrogens with one attached hydrogen (secondary N) is 1. The number of aryl methyl sites for hydroxylation is 1. The second-order valence-corrected chi connectivity index (χ2v) is 7.07. The van der Waals surface area contributed by atoms with Gasteiger partial charge in [0, 0.05) is 20.1 Å². The predicted octanol–water partition coefficient (Wildman–Crippen LogP) is 3.59. The minimum Gasteiger partial charge on any atom is -0.465 e.